The van der Waals surface area contributed by atoms with E-state index in [9.17, 15) is 13.2 Å². The first-order valence-electron chi connectivity index (χ1n) is 16.6. The van der Waals surface area contributed by atoms with Crippen LogP contribution in [0, 0.1) is 25.7 Å². The van der Waals surface area contributed by atoms with Crippen LogP contribution >= 0.6 is 11.6 Å². The first-order chi connectivity index (χ1) is 22.6. The van der Waals surface area contributed by atoms with Gasteiger partial charge in [0, 0.05) is 29.2 Å². The maximum absolute atomic E-state index is 13.4. The number of amides is 1. The summed E-state index contributed by atoms with van der Waals surface area (Å²) in [6.07, 6.45) is 9.79. The van der Waals surface area contributed by atoms with E-state index in [0.717, 1.165) is 73.5 Å². The number of nitrogens with zero attached hydrogens (tertiary/aromatic N) is 2. The maximum Gasteiger partial charge on any atom is 0.264 e. The number of benzene rings is 2. The highest BCUT2D eigenvalue weighted by Crippen LogP contribution is 2.42. The summed E-state index contributed by atoms with van der Waals surface area (Å²) in [4.78, 5) is 15.7. The van der Waals surface area contributed by atoms with Crippen molar-refractivity contribution in [2.45, 2.75) is 90.3 Å². The molecule has 2 aromatic carbocycles. The van der Waals surface area contributed by atoms with Gasteiger partial charge in [-0.15, -0.1) is 0 Å². The number of nitrogens with one attached hydrogen (secondary N) is 1. The van der Waals surface area contributed by atoms with E-state index in [0.29, 0.717) is 42.7 Å². The second kappa shape index (κ2) is 14.4. The molecule has 3 aliphatic rings. The molecule has 11 heteroatoms. The lowest BCUT2D eigenvalue weighted by Gasteiger charge is -2.44. The summed E-state index contributed by atoms with van der Waals surface area (Å²) in [6.45, 7) is 7.73. The van der Waals surface area contributed by atoms with E-state index in [1.54, 1.807) is 25.1 Å². The first-order valence-corrected chi connectivity index (χ1v) is 18.6. The smallest absolute Gasteiger partial charge is 0.264 e. The number of halogens is 1. The van der Waals surface area contributed by atoms with Gasteiger partial charge in [-0.05, 0) is 119 Å². The van der Waals surface area contributed by atoms with Crippen LogP contribution in [0.4, 0.5) is 5.69 Å². The summed E-state index contributed by atoms with van der Waals surface area (Å²) in [5.41, 5.74) is 5.12. The third-order valence-electron chi connectivity index (χ3n) is 10.0. The zero-order valence-corrected chi connectivity index (χ0v) is 28.9. The number of hydrogen-bond donors (Lipinski definition) is 1. The molecule has 1 aliphatic carbocycles. The minimum Gasteiger partial charge on any atom is -0.487 e. The number of sulfonamides is 1. The van der Waals surface area contributed by atoms with Crippen molar-refractivity contribution in [2.75, 3.05) is 18.0 Å². The molecule has 1 N–H and O–H groups in total. The number of fused-ring (bicyclic) bond motifs is 3. The van der Waals surface area contributed by atoms with Crippen molar-refractivity contribution >= 4 is 33.2 Å². The number of carbonyl (C=O) groups excluding carboxylic acids is 1. The van der Waals surface area contributed by atoms with Gasteiger partial charge in [-0.3, -0.25) is 4.79 Å². The zero-order valence-electron chi connectivity index (χ0n) is 27.3. The van der Waals surface area contributed by atoms with Gasteiger partial charge in [-0.2, -0.15) is 0 Å². The van der Waals surface area contributed by atoms with Crippen LogP contribution in [0.3, 0.4) is 0 Å². The van der Waals surface area contributed by atoms with Gasteiger partial charge in [0.1, 0.15) is 18.1 Å². The summed E-state index contributed by atoms with van der Waals surface area (Å²) in [7, 11) is -3.90. The highest BCUT2D eigenvalue weighted by molar-refractivity contribution is 7.90. The molecule has 1 aromatic heterocycles. The molecule has 3 heterocycles. The Hall–Kier alpha value is -3.34. The second-order valence-electron chi connectivity index (χ2n) is 13.2. The standard InChI is InChI=1S/C36H44ClN3O6S/c1-23-8-4-5-10-34(45-22-32-24(2)38-46-25(32)3)31-15-12-28(31)20-40-17-7-6-9-26-18-30(37)14-11-29(26)21-44-35-16-13-27(19-33(35)40)36(41)39-47(23,42)43/h5,10-11,13-14,16,18-19,23,28,31,34H,4,6-9,12,15,17,20-22H2,1-3H3,(H,39,41)/b10-5+/t23-,28+,31-,34+/m1/s1. The lowest BCUT2D eigenvalue weighted by molar-refractivity contribution is -0.0229. The van der Waals surface area contributed by atoms with E-state index in [-0.39, 0.29) is 17.6 Å². The van der Waals surface area contributed by atoms with E-state index in [1.165, 1.54) is 5.56 Å². The van der Waals surface area contributed by atoms with E-state index in [1.807, 2.05) is 38.1 Å². The number of anilines is 1. The lowest BCUT2D eigenvalue weighted by atomic mass is 9.70. The summed E-state index contributed by atoms with van der Waals surface area (Å²) in [5, 5.41) is 4.05. The molecule has 3 aromatic rings. The molecule has 9 nitrogen and oxygen atoms in total. The SMILES string of the molecule is Cc1noc(C)c1CO[C@H]1/C=C/CC[C@@H](C)S(=O)(=O)NC(=O)c2ccc3c(c2)N(CCCCc2cc(Cl)ccc2CO3)C[C@@H]2CC[C@H]21. The third kappa shape index (κ3) is 7.71. The predicted molar refractivity (Wildman–Crippen MR) is 182 cm³/mol. The fourth-order valence-electron chi connectivity index (χ4n) is 6.83. The molecule has 0 saturated heterocycles. The van der Waals surface area contributed by atoms with Crippen LogP contribution in [0.2, 0.25) is 5.02 Å². The Labute approximate surface area is 282 Å². The minimum absolute atomic E-state index is 0.146. The number of hydrogen-bond acceptors (Lipinski definition) is 8. The Kier molecular flexibility index (Phi) is 10.3. The third-order valence-corrected chi connectivity index (χ3v) is 12.0. The molecule has 0 unspecified atom stereocenters. The van der Waals surface area contributed by atoms with Crippen molar-refractivity contribution in [1.29, 1.82) is 0 Å². The quantitative estimate of drug-likeness (QED) is 0.292. The van der Waals surface area contributed by atoms with E-state index in [2.05, 4.69) is 20.9 Å². The normalized spacial score (nSPS) is 25.6. The van der Waals surface area contributed by atoms with Crippen LogP contribution in [0.5, 0.6) is 5.75 Å². The maximum atomic E-state index is 13.4. The van der Waals surface area contributed by atoms with Gasteiger partial charge in [0.2, 0.25) is 10.0 Å². The number of carbonyl (C=O) groups is 1. The number of ether oxygens (including phenoxy) is 2. The fourth-order valence-corrected chi connectivity index (χ4v) is 8.05. The highest BCUT2D eigenvalue weighted by atomic mass is 35.5. The summed E-state index contributed by atoms with van der Waals surface area (Å²) in [6, 6.07) is 11.1. The molecule has 2 bridgehead atoms. The first kappa shape index (κ1) is 33.6. The van der Waals surface area contributed by atoms with Crippen molar-refractivity contribution < 1.29 is 27.2 Å². The van der Waals surface area contributed by atoms with Crippen LogP contribution in [-0.4, -0.2) is 43.9 Å². The van der Waals surface area contributed by atoms with Gasteiger partial charge in [-0.1, -0.05) is 35.0 Å². The van der Waals surface area contributed by atoms with Gasteiger partial charge < -0.3 is 18.9 Å². The highest BCUT2D eigenvalue weighted by Gasteiger charge is 2.38. The van der Waals surface area contributed by atoms with Crippen LogP contribution in [-0.2, 0) is 34.4 Å². The van der Waals surface area contributed by atoms with Crippen molar-refractivity contribution in [1.82, 2.24) is 9.88 Å². The van der Waals surface area contributed by atoms with Gasteiger partial charge in [0.05, 0.1) is 29.3 Å². The monoisotopic (exact) mass is 681 g/mol. The average Bonchev–Trinajstić information content (AvgIpc) is 3.33. The minimum atomic E-state index is -3.90. The summed E-state index contributed by atoms with van der Waals surface area (Å²) < 4.78 is 47.1. The van der Waals surface area contributed by atoms with Gasteiger partial charge in [0.25, 0.3) is 5.91 Å². The van der Waals surface area contributed by atoms with Gasteiger partial charge in [-0.25, -0.2) is 13.1 Å². The number of aromatic nitrogens is 1. The van der Waals surface area contributed by atoms with Gasteiger partial charge in [0.15, 0.2) is 0 Å². The lowest BCUT2D eigenvalue weighted by Crippen LogP contribution is -2.44. The van der Waals surface area contributed by atoms with Crippen molar-refractivity contribution in [3.63, 3.8) is 0 Å². The zero-order chi connectivity index (χ0) is 33.1. The predicted octanol–water partition coefficient (Wildman–Crippen LogP) is 7.08. The van der Waals surface area contributed by atoms with Crippen LogP contribution < -0.4 is 14.4 Å². The van der Waals surface area contributed by atoms with Gasteiger partial charge >= 0.3 is 0 Å². The number of rotatable bonds is 3. The Bertz CT molecular complexity index is 1720. The summed E-state index contributed by atoms with van der Waals surface area (Å²) in [5.74, 6) is 1.41. The van der Waals surface area contributed by atoms with E-state index >= 15 is 0 Å². The van der Waals surface area contributed by atoms with E-state index in [4.69, 9.17) is 25.6 Å². The van der Waals surface area contributed by atoms with Crippen molar-refractivity contribution in [3.8, 4) is 5.75 Å². The van der Waals surface area contributed by atoms with E-state index < -0.39 is 21.2 Å². The van der Waals surface area contributed by atoms with Crippen molar-refractivity contribution in [3.05, 3.63) is 87.3 Å². The molecule has 0 radical (unpaired) electrons. The summed E-state index contributed by atoms with van der Waals surface area (Å²) >= 11 is 6.35. The molecule has 1 saturated carbocycles. The molecule has 252 valence electrons. The van der Waals surface area contributed by atoms with Crippen LogP contribution in [0.1, 0.15) is 84.0 Å². The Morgan fingerprint density at radius 3 is 2.70 bits per heavy atom. The van der Waals surface area contributed by atoms with Crippen LogP contribution in [0.15, 0.2) is 53.1 Å². The average molecular weight is 682 g/mol. The topological polar surface area (TPSA) is 111 Å². The Morgan fingerprint density at radius 2 is 1.94 bits per heavy atom. The second-order valence-corrected chi connectivity index (χ2v) is 15.7. The molecule has 47 heavy (non-hydrogen) atoms. The number of allylic oxidation sites excluding steroid dienone is 1. The Morgan fingerprint density at radius 1 is 1.09 bits per heavy atom. The molecule has 1 amide bonds. The largest absolute Gasteiger partial charge is 0.487 e. The molecule has 4 atom stereocenters. The molecule has 6 rings (SSSR count). The molecule has 0 spiro atoms. The Balaban J connectivity index is 1.35. The molecule has 2 aliphatic heterocycles. The number of aryl methyl sites for hydroxylation is 3. The fraction of sp³-hybridized carbons (Fsp3) is 0.500. The van der Waals surface area contributed by atoms with Crippen molar-refractivity contribution in [2.24, 2.45) is 11.8 Å². The molecular weight excluding hydrogens is 638 g/mol. The molecular formula is C36H44ClN3O6S. The van der Waals surface area contributed by atoms with Crippen LogP contribution in [0.25, 0.3) is 0 Å². The molecule has 1 fully saturated rings.